The van der Waals surface area contributed by atoms with Crippen molar-refractivity contribution in [1.82, 2.24) is 4.98 Å². The van der Waals surface area contributed by atoms with Gasteiger partial charge in [0.25, 0.3) is 0 Å². The van der Waals surface area contributed by atoms with E-state index < -0.39 is 0 Å². The van der Waals surface area contributed by atoms with Crippen molar-refractivity contribution in [2.45, 2.75) is 6.04 Å². The van der Waals surface area contributed by atoms with Gasteiger partial charge in [-0.2, -0.15) is 0 Å². The minimum atomic E-state index is 0.0616. The van der Waals surface area contributed by atoms with Gasteiger partial charge in [-0.15, -0.1) is 11.6 Å². The number of para-hydroxylation sites is 1. The Labute approximate surface area is 123 Å². The highest BCUT2D eigenvalue weighted by atomic mass is 35.5. The summed E-state index contributed by atoms with van der Waals surface area (Å²) in [5.41, 5.74) is 2.15. The Morgan fingerprint density at radius 1 is 0.900 bits per heavy atom. The molecule has 1 heterocycles. The lowest BCUT2D eigenvalue weighted by atomic mass is 10.1. The Morgan fingerprint density at radius 3 is 2.45 bits per heavy atom. The maximum absolute atomic E-state index is 6.08. The van der Waals surface area contributed by atoms with Gasteiger partial charge in [0.05, 0.1) is 11.6 Å². The summed E-state index contributed by atoms with van der Waals surface area (Å²) in [6, 6.07) is 22.4. The lowest BCUT2D eigenvalue weighted by molar-refractivity contribution is 0.885. The molecule has 0 saturated heterocycles. The third kappa shape index (κ3) is 2.75. The minimum absolute atomic E-state index is 0.0616. The Balaban J connectivity index is 1.87. The van der Waals surface area contributed by atoms with Crippen LogP contribution in [0.1, 0.15) is 11.6 Å². The van der Waals surface area contributed by atoms with Crippen LogP contribution in [0.15, 0.2) is 66.7 Å². The second kappa shape index (κ2) is 5.93. The highest BCUT2D eigenvalue weighted by Gasteiger charge is 2.10. The van der Waals surface area contributed by atoms with Crippen LogP contribution in [0.2, 0.25) is 0 Å². The van der Waals surface area contributed by atoms with Crippen LogP contribution in [0.5, 0.6) is 0 Å². The van der Waals surface area contributed by atoms with E-state index in [1.807, 2.05) is 42.5 Å². The van der Waals surface area contributed by atoms with E-state index in [1.165, 1.54) is 0 Å². The zero-order valence-electron chi connectivity index (χ0n) is 11.0. The van der Waals surface area contributed by atoms with Gasteiger partial charge in [-0.25, -0.2) is 4.98 Å². The molecular weight excluding hydrogens is 268 g/mol. The number of hydrogen-bond donors (Lipinski definition) is 1. The second-order valence-corrected chi connectivity index (χ2v) is 4.96. The Kier molecular flexibility index (Phi) is 3.84. The summed E-state index contributed by atoms with van der Waals surface area (Å²) < 4.78 is 0. The van der Waals surface area contributed by atoms with Crippen LogP contribution in [-0.4, -0.2) is 10.9 Å². The number of hydrogen-bond acceptors (Lipinski definition) is 2. The molecule has 2 aromatic carbocycles. The summed E-state index contributed by atoms with van der Waals surface area (Å²) in [7, 11) is 0. The van der Waals surface area contributed by atoms with Crippen molar-refractivity contribution < 1.29 is 0 Å². The van der Waals surface area contributed by atoms with Crippen LogP contribution in [0.3, 0.4) is 0 Å². The lowest BCUT2D eigenvalue weighted by Crippen LogP contribution is -2.13. The number of nitrogens with zero attached hydrogens (tertiary/aromatic N) is 1. The highest BCUT2D eigenvalue weighted by Crippen LogP contribution is 2.21. The summed E-state index contributed by atoms with van der Waals surface area (Å²) in [6.45, 7) is 0. The molecular formula is C17H15ClN2. The van der Waals surface area contributed by atoms with Gasteiger partial charge in [-0.3, -0.25) is 0 Å². The SMILES string of the molecule is ClCC(Nc1ccc2ccccc2n1)c1ccccc1. The van der Waals surface area contributed by atoms with Crippen molar-refractivity contribution in [2.75, 3.05) is 11.2 Å². The number of halogens is 1. The first kappa shape index (κ1) is 12.9. The largest absolute Gasteiger partial charge is 0.362 e. The number of anilines is 1. The first-order chi connectivity index (χ1) is 9.86. The molecule has 3 rings (SSSR count). The fourth-order valence-corrected chi connectivity index (χ4v) is 2.48. The maximum Gasteiger partial charge on any atom is 0.127 e. The van der Waals surface area contributed by atoms with Crippen molar-refractivity contribution in [3.8, 4) is 0 Å². The first-order valence-electron chi connectivity index (χ1n) is 6.60. The van der Waals surface area contributed by atoms with E-state index in [4.69, 9.17) is 11.6 Å². The van der Waals surface area contributed by atoms with Gasteiger partial charge < -0.3 is 5.32 Å². The van der Waals surface area contributed by atoms with Gasteiger partial charge in [0, 0.05) is 11.3 Å². The normalized spacial score (nSPS) is 12.2. The molecule has 1 aromatic heterocycles. The summed E-state index contributed by atoms with van der Waals surface area (Å²) in [6.07, 6.45) is 0. The molecule has 3 heteroatoms. The molecule has 0 aliphatic carbocycles. The zero-order valence-corrected chi connectivity index (χ0v) is 11.7. The smallest absolute Gasteiger partial charge is 0.127 e. The van der Waals surface area contributed by atoms with Gasteiger partial charge in [-0.1, -0.05) is 48.5 Å². The summed E-state index contributed by atoms with van der Waals surface area (Å²) in [4.78, 5) is 4.62. The van der Waals surface area contributed by atoms with Crippen molar-refractivity contribution in [2.24, 2.45) is 0 Å². The summed E-state index contributed by atoms with van der Waals surface area (Å²) >= 11 is 6.08. The van der Waals surface area contributed by atoms with Crippen LogP contribution >= 0.6 is 11.6 Å². The number of benzene rings is 2. The van der Waals surface area contributed by atoms with E-state index in [0.717, 1.165) is 22.3 Å². The third-order valence-corrected chi connectivity index (χ3v) is 3.59. The molecule has 0 aliphatic rings. The lowest BCUT2D eigenvalue weighted by Gasteiger charge is -2.17. The molecule has 1 N–H and O–H groups in total. The van der Waals surface area contributed by atoms with Crippen LogP contribution in [0, 0.1) is 0 Å². The molecule has 0 aliphatic heterocycles. The molecule has 1 unspecified atom stereocenters. The topological polar surface area (TPSA) is 24.9 Å². The molecule has 0 bridgehead atoms. The van der Waals surface area contributed by atoms with Gasteiger partial charge >= 0.3 is 0 Å². The van der Waals surface area contributed by atoms with Crippen LogP contribution in [0.25, 0.3) is 10.9 Å². The van der Waals surface area contributed by atoms with Crippen LogP contribution in [-0.2, 0) is 0 Å². The number of nitrogens with one attached hydrogen (secondary N) is 1. The first-order valence-corrected chi connectivity index (χ1v) is 7.13. The third-order valence-electron chi connectivity index (χ3n) is 3.28. The van der Waals surface area contributed by atoms with Gasteiger partial charge in [0.1, 0.15) is 5.82 Å². The molecule has 0 saturated carbocycles. The van der Waals surface area contributed by atoms with Crippen LogP contribution < -0.4 is 5.32 Å². The Morgan fingerprint density at radius 2 is 1.65 bits per heavy atom. The van der Waals surface area contributed by atoms with E-state index in [2.05, 4.69) is 34.6 Å². The van der Waals surface area contributed by atoms with Gasteiger partial charge in [0.2, 0.25) is 0 Å². The van der Waals surface area contributed by atoms with E-state index in [9.17, 15) is 0 Å². The monoisotopic (exact) mass is 282 g/mol. The van der Waals surface area contributed by atoms with E-state index in [0.29, 0.717) is 5.88 Å². The van der Waals surface area contributed by atoms with Gasteiger partial charge in [-0.05, 0) is 23.8 Å². The molecule has 0 amide bonds. The second-order valence-electron chi connectivity index (χ2n) is 4.65. The molecule has 0 spiro atoms. The number of alkyl halides is 1. The Bertz CT molecular complexity index is 697. The summed E-state index contributed by atoms with van der Waals surface area (Å²) in [5.74, 6) is 1.34. The van der Waals surface area contributed by atoms with Crippen LogP contribution in [0.4, 0.5) is 5.82 Å². The standard InChI is InChI=1S/C17H15ClN2/c18-12-16(13-6-2-1-3-7-13)20-17-11-10-14-8-4-5-9-15(14)19-17/h1-11,16H,12H2,(H,19,20). The predicted octanol–water partition coefficient (Wildman–Crippen LogP) is 4.63. The molecule has 0 radical (unpaired) electrons. The van der Waals surface area contributed by atoms with Crippen molar-refractivity contribution in [1.29, 1.82) is 0 Å². The molecule has 100 valence electrons. The molecule has 1 atom stereocenters. The predicted molar refractivity (Wildman–Crippen MR) is 85.3 cm³/mol. The average molecular weight is 283 g/mol. The van der Waals surface area contributed by atoms with Crippen molar-refractivity contribution in [3.63, 3.8) is 0 Å². The highest BCUT2D eigenvalue weighted by molar-refractivity contribution is 6.18. The van der Waals surface area contributed by atoms with E-state index >= 15 is 0 Å². The fourth-order valence-electron chi connectivity index (χ4n) is 2.22. The minimum Gasteiger partial charge on any atom is -0.362 e. The average Bonchev–Trinajstić information content (AvgIpc) is 2.53. The molecule has 20 heavy (non-hydrogen) atoms. The van der Waals surface area contributed by atoms with E-state index in [1.54, 1.807) is 0 Å². The van der Waals surface area contributed by atoms with Crippen molar-refractivity contribution in [3.05, 3.63) is 72.3 Å². The van der Waals surface area contributed by atoms with Crippen molar-refractivity contribution >= 4 is 28.3 Å². The maximum atomic E-state index is 6.08. The quantitative estimate of drug-likeness (QED) is 0.706. The summed E-state index contributed by atoms with van der Waals surface area (Å²) in [5, 5.41) is 4.53. The number of rotatable bonds is 4. The number of fused-ring (bicyclic) bond motifs is 1. The molecule has 2 nitrogen and oxygen atoms in total. The van der Waals surface area contributed by atoms with Gasteiger partial charge in [0.15, 0.2) is 0 Å². The zero-order chi connectivity index (χ0) is 13.8. The number of pyridine rings is 1. The molecule has 0 fully saturated rings. The fraction of sp³-hybridized carbons (Fsp3) is 0.118. The molecule has 3 aromatic rings. The van der Waals surface area contributed by atoms with E-state index in [-0.39, 0.29) is 6.04 Å². The number of aromatic nitrogens is 1. The Hall–Kier alpha value is -2.06.